The van der Waals surface area contributed by atoms with E-state index in [9.17, 15) is 4.79 Å². The third-order valence-corrected chi connectivity index (χ3v) is 4.84. The van der Waals surface area contributed by atoms with Gasteiger partial charge in [0.25, 0.3) is 5.91 Å². The quantitative estimate of drug-likeness (QED) is 0.929. The van der Waals surface area contributed by atoms with Crippen molar-refractivity contribution < 1.29 is 9.53 Å². The predicted octanol–water partition coefficient (Wildman–Crippen LogP) is 1.48. The van der Waals surface area contributed by atoms with Crippen molar-refractivity contribution in [1.29, 1.82) is 0 Å². The van der Waals surface area contributed by atoms with Crippen molar-refractivity contribution in [3.8, 4) is 0 Å². The average molecular weight is 306 g/mol. The van der Waals surface area contributed by atoms with Crippen LogP contribution in [0.5, 0.6) is 0 Å². The Morgan fingerprint density at radius 1 is 1.62 bits per heavy atom. The monoisotopic (exact) mass is 306 g/mol. The molecule has 0 spiro atoms. The first-order valence-corrected chi connectivity index (χ1v) is 7.78. The SMILES string of the molecule is CC(CNC(=O)c1cc2c(s1)CCOC2)c1nncn1C. The third kappa shape index (κ3) is 2.98. The van der Waals surface area contributed by atoms with Gasteiger partial charge in [-0.2, -0.15) is 0 Å². The number of fused-ring (bicyclic) bond motifs is 1. The van der Waals surface area contributed by atoms with Crippen LogP contribution in [0.2, 0.25) is 0 Å². The molecule has 0 saturated carbocycles. The minimum Gasteiger partial charge on any atom is -0.376 e. The number of carbonyl (C=O) groups excluding carboxylic acids is 1. The highest BCUT2D eigenvalue weighted by Crippen LogP contribution is 2.26. The fraction of sp³-hybridized carbons (Fsp3) is 0.500. The van der Waals surface area contributed by atoms with Crippen LogP contribution in [0, 0.1) is 0 Å². The average Bonchev–Trinajstić information content (AvgIpc) is 3.10. The molecule has 21 heavy (non-hydrogen) atoms. The smallest absolute Gasteiger partial charge is 0.261 e. The Labute approximate surface area is 127 Å². The number of amides is 1. The lowest BCUT2D eigenvalue weighted by Gasteiger charge is -2.11. The number of rotatable bonds is 4. The number of hydrogen-bond acceptors (Lipinski definition) is 5. The second kappa shape index (κ2) is 5.95. The van der Waals surface area contributed by atoms with E-state index in [1.807, 2.05) is 24.6 Å². The van der Waals surface area contributed by atoms with Gasteiger partial charge in [-0.3, -0.25) is 4.79 Å². The summed E-state index contributed by atoms with van der Waals surface area (Å²) in [5.74, 6) is 0.969. The van der Waals surface area contributed by atoms with E-state index in [2.05, 4.69) is 15.5 Å². The van der Waals surface area contributed by atoms with Crippen LogP contribution >= 0.6 is 11.3 Å². The van der Waals surface area contributed by atoms with Crippen LogP contribution in [0.1, 0.15) is 38.8 Å². The summed E-state index contributed by atoms with van der Waals surface area (Å²) in [5, 5.41) is 10.9. The van der Waals surface area contributed by atoms with Crippen LogP contribution in [0.15, 0.2) is 12.4 Å². The summed E-state index contributed by atoms with van der Waals surface area (Å²) in [7, 11) is 1.90. The third-order valence-electron chi connectivity index (χ3n) is 3.61. The molecule has 0 aromatic carbocycles. The number of hydrogen-bond donors (Lipinski definition) is 1. The molecule has 0 aliphatic carbocycles. The molecule has 1 atom stereocenters. The maximum absolute atomic E-state index is 12.2. The summed E-state index contributed by atoms with van der Waals surface area (Å²) in [6.07, 6.45) is 2.57. The molecule has 3 rings (SSSR count). The zero-order valence-electron chi connectivity index (χ0n) is 12.1. The molecule has 2 aromatic rings. The molecule has 1 aliphatic heterocycles. The van der Waals surface area contributed by atoms with Crippen molar-refractivity contribution in [2.24, 2.45) is 7.05 Å². The van der Waals surface area contributed by atoms with Crippen LogP contribution in [-0.2, 0) is 24.8 Å². The molecule has 1 amide bonds. The van der Waals surface area contributed by atoms with E-state index < -0.39 is 0 Å². The lowest BCUT2D eigenvalue weighted by molar-refractivity contribution is 0.0954. The van der Waals surface area contributed by atoms with Gasteiger partial charge in [-0.15, -0.1) is 21.5 Å². The first-order chi connectivity index (χ1) is 10.1. The Kier molecular flexibility index (Phi) is 4.03. The van der Waals surface area contributed by atoms with Crippen LogP contribution < -0.4 is 5.32 Å². The molecular formula is C14H18N4O2S. The molecule has 0 fully saturated rings. The number of nitrogens with one attached hydrogen (secondary N) is 1. The molecule has 2 aromatic heterocycles. The number of carbonyl (C=O) groups is 1. The second-order valence-electron chi connectivity index (χ2n) is 5.27. The summed E-state index contributed by atoms with van der Waals surface area (Å²) in [5.41, 5.74) is 1.15. The van der Waals surface area contributed by atoms with Gasteiger partial charge < -0.3 is 14.6 Å². The van der Waals surface area contributed by atoms with E-state index in [1.165, 1.54) is 4.88 Å². The summed E-state index contributed by atoms with van der Waals surface area (Å²) in [4.78, 5) is 14.3. The number of nitrogens with zero attached hydrogens (tertiary/aromatic N) is 3. The van der Waals surface area contributed by atoms with Gasteiger partial charge in [0.1, 0.15) is 12.2 Å². The van der Waals surface area contributed by atoms with Gasteiger partial charge in [0, 0.05) is 30.8 Å². The normalized spacial score (nSPS) is 15.5. The highest BCUT2D eigenvalue weighted by Gasteiger charge is 2.18. The second-order valence-corrected chi connectivity index (χ2v) is 6.41. The molecular weight excluding hydrogens is 288 g/mol. The lowest BCUT2D eigenvalue weighted by atomic mass is 10.1. The van der Waals surface area contributed by atoms with Crippen LogP contribution in [0.4, 0.5) is 0 Å². The van der Waals surface area contributed by atoms with E-state index in [0.717, 1.165) is 29.3 Å². The molecule has 0 bridgehead atoms. The highest BCUT2D eigenvalue weighted by atomic mass is 32.1. The van der Waals surface area contributed by atoms with E-state index >= 15 is 0 Å². The lowest BCUT2D eigenvalue weighted by Crippen LogP contribution is -2.27. The minimum absolute atomic E-state index is 0.0246. The van der Waals surface area contributed by atoms with E-state index in [0.29, 0.717) is 13.2 Å². The van der Waals surface area contributed by atoms with Crippen molar-refractivity contribution in [3.63, 3.8) is 0 Å². The van der Waals surface area contributed by atoms with E-state index in [4.69, 9.17) is 4.74 Å². The zero-order valence-corrected chi connectivity index (χ0v) is 12.9. The van der Waals surface area contributed by atoms with Crippen molar-refractivity contribution in [3.05, 3.63) is 33.5 Å². The standard InChI is InChI=1S/C14H18N4O2S/c1-9(13-17-16-8-18(13)2)6-15-14(19)12-5-10-7-20-4-3-11(10)21-12/h5,8-9H,3-4,6-7H2,1-2H3,(H,15,19). The van der Waals surface area contributed by atoms with Gasteiger partial charge in [0.2, 0.25) is 0 Å². The zero-order chi connectivity index (χ0) is 14.8. The molecule has 112 valence electrons. The van der Waals surface area contributed by atoms with Crippen molar-refractivity contribution >= 4 is 17.2 Å². The molecule has 0 saturated heterocycles. The van der Waals surface area contributed by atoms with Crippen LogP contribution in [0.25, 0.3) is 0 Å². The number of thiophene rings is 1. The summed E-state index contributed by atoms with van der Waals surface area (Å²) in [6.45, 7) is 3.94. The molecule has 6 nitrogen and oxygen atoms in total. The highest BCUT2D eigenvalue weighted by molar-refractivity contribution is 7.14. The van der Waals surface area contributed by atoms with Crippen molar-refractivity contribution in [2.45, 2.75) is 25.9 Å². The van der Waals surface area contributed by atoms with Gasteiger partial charge >= 0.3 is 0 Å². The van der Waals surface area contributed by atoms with E-state index in [-0.39, 0.29) is 11.8 Å². The minimum atomic E-state index is -0.0246. The van der Waals surface area contributed by atoms with E-state index in [1.54, 1.807) is 17.7 Å². The number of aryl methyl sites for hydroxylation is 1. The van der Waals surface area contributed by atoms with Gasteiger partial charge in [-0.05, 0) is 11.6 Å². The molecule has 1 N–H and O–H groups in total. The van der Waals surface area contributed by atoms with Crippen molar-refractivity contribution in [1.82, 2.24) is 20.1 Å². The Bertz CT molecular complexity index is 626. The number of ether oxygens (including phenoxy) is 1. The first kappa shape index (κ1) is 14.2. The molecule has 7 heteroatoms. The largest absolute Gasteiger partial charge is 0.376 e. The number of aromatic nitrogens is 3. The topological polar surface area (TPSA) is 69.0 Å². The predicted molar refractivity (Wildman–Crippen MR) is 79.4 cm³/mol. The Morgan fingerprint density at radius 2 is 2.48 bits per heavy atom. The van der Waals surface area contributed by atoms with Crippen LogP contribution in [0.3, 0.4) is 0 Å². The Hall–Kier alpha value is -1.73. The molecule has 1 unspecified atom stereocenters. The van der Waals surface area contributed by atoms with Gasteiger partial charge in [-0.1, -0.05) is 6.92 Å². The van der Waals surface area contributed by atoms with Gasteiger partial charge in [-0.25, -0.2) is 0 Å². The molecule has 3 heterocycles. The van der Waals surface area contributed by atoms with Crippen molar-refractivity contribution in [2.75, 3.05) is 13.2 Å². The summed E-state index contributed by atoms with van der Waals surface area (Å²) in [6, 6.07) is 1.95. The summed E-state index contributed by atoms with van der Waals surface area (Å²) >= 11 is 1.57. The summed E-state index contributed by atoms with van der Waals surface area (Å²) < 4.78 is 7.28. The van der Waals surface area contributed by atoms with Crippen LogP contribution in [-0.4, -0.2) is 33.8 Å². The maximum Gasteiger partial charge on any atom is 0.261 e. The Balaban J connectivity index is 1.61. The maximum atomic E-state index is 12.2. The van der Waals surface area contributed by atoms with Gasteiger partial charge in [0.15, 0.2) is 0 Å². The fourth-order valence-corrected chi connectivity index (χ4v) is 3.49. The fourth-order valence-electron chi connectivity index (χ4n) is 2.42. The van der Waals surface area contributed by atoms with Gasteiger partial charge in [0.05, 0.1) is 18.1 Å². The Morgan fingerprint density at radius 3 is 3.19 bits per heavy atom. The first-order valence-electron chi connectivity index (χ1n) is 6.96. The molecule has 1 aliphatic rings. The molecule has 0 radical (unpaired) electrons.